The molecule has 3 aromatic rings. The van der Waals surface area contributed by atoms with E-state index < -0.39 is 0 Å². The standard InChI is InChI=1S/C20H16N2O/c23-22-20(17-12-6-2-7-13-17)19(16-10-4-1-5-11-16)21-18-14-8-3-9-15-18/h1-15,23H/b21-19?,22-20-. The van der Waals surface area contributed by atoms with E-state index in [1.54, 1.807) is 0 Å². The minimum absolute atomic E-state index is 0.445. The molecule has 0 atom stereocenters. The predicted octanol–water partition coefficient (Wildman–Crippen LogP) is 4.69. The Kier molecular flexibility index (Phi) is 4.60. The lowest BCUT2D eigenvalue weighted by Gasteiger charge is -2.09. The first-order valence-electron chi connectivity index (χ1n) is 7.35. The van der Waals surface area contributed by atoms with Crippen molar-refractivity contribution in [3.63, 3.8) is 0 Å². The lowest BCUT2D eigenvalue weighted by Crippen LogP contribution is -2.17. The van der Waals surface area contributed by atoms with E-state index in [-0.39, 0.29) is 0 Å². The fraction of sp³-hybridized carbons (Fsp3) is 0. The van der Waals surface area contributed by atoms with Gasteiger partial charge in [0, 0.05) is 11.1 Å². The third-order valence-corrected chi connectivity index (χ3v) is 3.42. The Balaban J connectivity index is 2.14. The highest BCUT2D eigenvalue weighted by atomic mass is 16.4. The molecule has 0 bridgehead atoms. The topological polar surface area (TPSA) is 45.0 Å². The Morgan fingerprint density at radius 3 is 1.48 bits per heavy atom. The summed E-state index contributed by atoms with van der Waals surface area (Å²) < 4.78 is 0. The van der Waals surface area contributed by atoms with Crippen LogP contribution >= 0.6 is 0 Å². The third kappa shape index (κ3) is 3.52. The molecule has 0 unspecified atom stereocenters. The number of oxime groups is 1. The van der Waals surface area contributed by atoms with Crippen LogP contribution in [0.5, 0.6) is 0 Å². The molecule has 0 fully saturated rings. The van der Waals surface area contributed by atoms with Crippen LogP contribution in [-0.2, 0) is 0 Å². The first-order valence-corrected chi connectivity index (χ1v) is 7.35. The molecule has 23 heavy (non-hydrogen) atoms. The van der Waals surface area contributed by atoms with Gasteiger partial charge in [-0.25, -0.2) is 4.99 Å². The van der Waals surface area contributed by atoms with Gasteiger partial charge in [0.05, 0.1) is 5.69 Å². The average Bonchev–Trinajstić information content (AvgIpc) is 2.64. The van der Waals surface area contributed by atoms with Crippen LogP contribution in [0.25, 0.3) is 0 Å². The molecule has 0 radical (unpaired) electrons. The fourth-order valence-corrected chi connectivity index (χ4v) is 2.32. The van der Waals surface area contributed by atoms with E-state index in [4.69, 9.17) is 4.99 Å². The van der Waals surface area contributed by atoms with Crippen molar-refractivity contribution in [2.24, 2.45) is 10.1 Å². The monoisotopic (exact) mass is 300 g/mol. The van der Waals surface area contributed by atoms with Crippen LogP contribution in [0.3, 0.4) is 0 Å². The molecule has 0 spiro atoms. The van der Waals surface area contributed by atoms with Crippen molar-refractivity contribution in [1.29, 1.82) is 0 Å². The summed E-state index contributed by atoms with van der Waals surface area (Å²) >= 11 is 0. The Hall–Kier alpha value is -3.20. The zero-order chi connectivity index (χ0) is 15.9. The minimum atomic E-state index is 0.445. The summed E-state index contributed by atoms with van der Waals surface area (Å²) in [6, 6.07) is 28.9. The first-order chi connectivity index (χ1) is 11.4. The van der Waals surface area contributed by atoms with Gasteiger partial charge in [0.1, 0.15) is 11.4 Å². The first kappa shape index (κ1) is 14.7. The molecule has 3 nitrogen and oxygen atoms in total. The van der Waals surface area contributed by atoms with Crippen molar-refractivity contribution in [3.8, 4) is 0 Å². The Bertz CT molecular complexity index is 810. The third-order valence-electron chi connectivity index (χ3n) is 3.42. The summed E-state index contributed by atoms with van der Waals surface area (Å²) in [5.41, 5.74) is 3.59. The van der Waals surface area contributed by atoms with Crippen LogP contribution in [-0.4, -0.2) is 16.6 Å². The van der Waals surface area contributed by atoms with Crippen molar-refractivity contribution >= 4 is 17.1 Å². The molecule has 112 valence electrons. The van der Waals surface area contributed by atoms with Gasteiger partial charge in [0.25, 0.3) is 0 Å². The molecule has 0 aliphatic rings. The molecule has 0 amide bonds. The summed E-state index contributed by atoms with van der Waals surface area (Å²) in [5, 5.41) is 13.1. The number of rotatable bonds is 4. The van der Waals surface area contributed by atoms with Gasteiger partial charge in [-0.3, -0.25) is 0 Å². The normalized spacial score (nSPS) is 12.2. The van der Waals surface area contributed by atoms with Gasteiger partial charge in [-0.05, 0) is 12.1 Å². The van der Waals surface area contributed by atoms with E-state index >= 15 is 0 Å². The van der Waals surface area contributed by atoms with Crippen LogP contribution in [0.15, 0.2) is 101 Å². The Morgan fingerprint density at radius 1 is 0.565 bits per heavy atom. The van der Waals surface area contributed by atoms with E-state index in [1.807, 2.05) is 91.0 Å². The quantitative estimate of drug-likeness (QED) is 0.424. The van der Waals surface area contributed by atoms with Crippen molar-refractivity contribution in [3.05, 3.63) is 102 Å². The number of hydrogen-bond acceptors (Lipinski definition) is 3. The second-order valence-corrected chi connectivity index (χ2v) is 4.98. The van der Waals surface area contributed by atoms with Crippen molar-refractivity contribution in [2.75, 3.05) is 0 Å². The fourth-order valence-electron chi connectivity index (χ4n) is 2.32. The maximum absolute atomic E-state index is 9.60. The predicted molar refractivity (Wildman–Crippen MR) is 93.8 cm³/mol. The lowest BCUT2D eigenvalue weighted by molar-refractivity contribution is 0.320. The van der Waals surface area contributed by atoms with Gasteiger partial charge in [0.2, 0.25) is 0 Å². The van der Waals surface area contributed by atoms with Crippen LogP contribution in [0.1, 0.15) is 11.1 Å². The van der Waals surface area contributed by atoms with E-state index in [0.29, 0.717) is 11.4 Å². The maximum atomic E-state index is 9.60. The summed E-state index contributed by atoms with van der Waals surface area (Å²) in [5.74, 6) is 0. The van der Waals surface area contributed by atoms with E-state index in [1.165, 1.54) is 0 Å². The molecule has 3 aromatic carbocycles. The number of nitrogens with zero attached hydrogens (tertiary/aromatic N) is 2. The van der Waals surface area contributed by atoms with Crippen molar-refractivity contribution in [1.82, 2.24) is 0 Å². The van der Waals surface area contributed by atoms with Crippen LogP contribution in [0, 0.1) is 0 Å². The van der Waals surface area contributed by atoms with E-state index in [2.05, 4.69) is 5.16 Å². The molecule has 0 aliphatic heterocycles. The Morgan fingerprint density at radius 2 is 1.00 bits per heavy atom. The van der Waals surface area contributed by atoms with E-state index in [9.17, 15) is 5.21 Å². The zero-order valence-corrected chi connectivity index (χ0v) is 12.5. The molecular weight excluding hydrogens is 284 g/mol. The molecular formula is C20H16N2O. The highest BCUT2D eigenvalue weighted by molar-refractivity contribution is 6.53. The molecule has 0 saturated carbocycles. The van der Waals surface area contributed by atoms with Crippen LogP contribution < -0.4 is 0 Å². The van der Waals surface area contributed by atoms with Crippen LogP contribution in [0.4, 0.5) is 5.69 Å². The van der Waals surface area contributed by atoms with Crippen LogP contribution in [0.2, 0.25) is 0 Å². The molecule has 0 heterocycles. The SMILES string of the molecule is O/N=C(\C(=Nc1ccccc1)c1ccccc1)c1ccccc1. The highest BCUT2D eigenvalue weighted by Crippen LogP contribution is 2.16. The number of hydrogen-bond donors (Lipinski definition) is 1. The van der Waals surface area contributed by atoms with Gasteiger partial charge in [-0.1, -0.05) is 84.0 Å². The van der Waals surface area contributed by atoms with Gasteiger partial charge < -0.3 is 5.21 Å². The van der Waals surface area contributed by atoms with Gasteiger partial charge >= 0.3 is 0 Å². The number of aliphatic imine (C=N–C) groups is 1. The molecule has 0 saturated heterocycles. The summed E-state index contributed by atoms with van der Waals surface area (Å²) in [4.78, 5) is 4.70. The Labute approximate surface area is 135 Å². The molecule has 3 heteroatoms. The van der Waals surface area contributed by atoms with Gasteiger partial charge in [0.15, 0.2) is 0 Å². The summed E-state index contributed by atoms with van der Waals surface area (Å²) in [6.45, 7) is 0. The van der Waals surface area contributed by atoms with Gasteiger partial charge in [-0.2, -0.15) is 0 Å². The highest BCUT2D eigenvalue weighted by Gasteiger charge is 2.15. The second-order valence-electron chi connectivity index (χ2n) is 4.98. The molecule has 3 rings (SSSR count). The zero-order valence-electron chi connectivity index (χ0n) is 12.5. The maximum Gasteiger partial charge on any atom is 0.136 e. The van der Waals surface area contributed by atoms with Crippen molar-refractivity contribution in [2.45, 2.75) is 0 Å². The molecule has 1 N–H and O–H groups in total. The summed E-state index contributed by atoms with van der Waals surface area (Å²) in [6.07, 6.45) is 0. The molecule has 0 aromatic heterocycles. The summed E-state index contributed by atoms with van der Waals surface area (Å²) in [7, 11) is 0. The van der Waals surface area contributed by atoms with E-state index in [0.717, 1.165) is 16.8 Å². The van der Waals surface area contributed by atoms with Gasteiger partial charge in [-0.15, -0.1) is 0 Å². The molecule has 0 aliphatic carbocycles. The largest absolute Gasteiger partial charge is 0.410 e. The smallest absolute Gasteiger partial charge is 0.136 e. The minimum Gasteiger partial charge on any atom is -0.410 e. The number of para-hydroxylation sites is 1. The lowest BCUT2D eigenvalue weighted by atomic mass is 9.99. The second kappa shape index (κ2) is 7.18. The van der Waals surface area contributed by atoms with Crippen molar-refractivity contribution < 1.29 is 5.21 Å². The average molecular weight is 300 g/mol. The number of benzene rings is 3.